The summed E-state index contributed by atoms with van der Waals surface area (Å²) in [6.45, 7) is 2.64. The Morgan fingerprint density at radius 2 is 1.94 bits per heavy atom. The van der Waals surface area contributed by atoms with Gasteiger partial charge in [0.15, 0.2) is 0 Å². The standard InChI is InChI=1S/C12H15N3O/c16-12-14-11(9-4-2-1-3-5-9)8-15(12)10-6-13-7-10/h1-5,10-11,13H,6-8H2,(H,14,16). The summed E-state index contributed by atoms with van der Waals surface area (Å²) in [4.78, 5) is 13.7. The zero-order valence-corrected chi connectivity index (χ0v) is 9.02. The molecule has 2 N–H and O–H groups in total. The van der Waals surface area contributed by atoms with Crippen molar-refractivity contribution >= 4 is 6.03 Å². The molecule has 2 amide bonds. The Kier molecular flexibility index (Phi) is 2.29. The molecule has 84 valence electrons. The van der Waals surface area contributed by atoms with E-state index in [-0.39, 0.29) is 12.1 Å². The van der Waals surface area contributed by atoms with E-state index in [1.54, 1.807) is 0 Å². The van der Waals surface area contributed by atoms with E-state index >= 15 is 0 Å². The molecule has 16 heavy (non-hydrogen) atoms. The van der Waals surface area contributed by atoms with Crippen molar-refractivity contribution in [1.29, 1.82) is 0 Å². The molecule has 1 atom stereocenters. The smallest absolute Gasteiger partial charge is 0.318 e. The first-order valence-electron chi connectivity index (χ1n) is 5.67. The first-order chi connectivity index (χ1) is 7.84. The molecule has 2 saturated heterocycles. The molecule has 1 unspecified atom stereocenters. The molecule has 4 nitrogen and oxygen atoms in total. The minimum absolute atomic E-state index is 0.0698. The summed E-state index contributed by atoms with van der Waals surface area (Å²) in [5.41, 5.74) is 1.19. The lowest BCUT2D eigenvalue weighted by molar-refractivity contribution is 0.172. The van der Waals surface area contributed by atoms with E-state index in [0.717, 1.165) is 19.6 Å². The molecule has 1 aromatic rings. The average molecular weight is 217 g/mol. The average Bonchev–Trinajstić information content (AvgIpc) is 2.60. The number of carbonyl (C=O) groups excluding carboxylic acids is 1. The zero-order valence-electron chi connectivity index (χ0n) is 9.02. The van der Waals surface area contributed by atoms with Crippen molar-refractivity contribution in [2.75, 3.05) is 19.6 Å². The third kappa shape index (κ3) is 1.55. The summed E-state index contributed by atoms with van der Waals surface area (Å²) in [5, 5.41) is 6.22. The molecule has 0 radical (unpaired) electrons. The first kappa shape index (κ1) is 9.66. The largest absolute Gasteiger partial charge is 0.329 e. The van der Waals surface area contributed by atoms with Crippen LogP contribution in [0.1, 0.15) is 11.6 Å². The third-order valence-corrected chi connectivity index (χ3v) is 3.34. The van der Waals surface area contributed by atoms with Gasteiger partial charge in [-0.25, -0.2) is 4.79 Å². The fraction of sp³-hybridized carbons (Fsp3) is 0.417. The number of nitrogens with zero attached hydrogens (tertiary/aromatic N) is 1. The summed E-state index contributed by atoms with van der Waals surface area (Å²) in [6, 6.07) is 10.7. The number of amides is 2. The normalized spacial score (nSPS) is 25.4. The molecule has 2 aliphatic heterocycles. The van der Waals surface area contributed by atoms with Crippen molar-refractivity contribution in [1.82, 2.24) is 15.5 Å². The van der Waals surface area contributed by atoms with Crippen LogP contribution in [0.15, 0.2) is 30.3 Å². The van der Waals surface area contributed by atoms with Gasteiger partial charge in [0.05, 0.1) is 12.1 Å². The lowest BCUT2D eigenvalue weighted by atomic mass is 10.1. The number of urea groups is 1. The first-order valence-corrected chi connectivity index (χ1v) is 5.67. The molecule has 0 saturated carbocycles. The van der Waals surface area contributed by atoms with E-state index in [4.69, 9.17) is 0 Å². The molecule has 2 fully saturated rings. The number of hydrogen-bond acceptors (Lipinski definition) is 2. The Morgan fingerprint density at radius 1 is 1.19 bits per heavy atom. The van der Waals surface area contributed by atoms with Crippen molar-refractivity contribution < 1.29 is 4.79 Å². The zero-order chi connectivity index (χ0) is 11.0. The van der Waals surface area contributed by atoms with Gasteiger partial charge in [-0.1, -0.05) is 30.3 Å². The summed E-state index contributed by atoms with van der Waals surface area (Å²) >= 11 is 0. The van der Waals surface area contributed by atoms with E-state index in [9.17, 15) is 4.79 Å². The van der Waals surface area contributed by atoms with Gasteiger partial charge in [-0.2, -0.15) is 0 Å². The van der Waals surface area contributed by atoms with Gasteiger partial charge in [-0.05, 0) is 5.56 Å². The van der Waals surface area contributed by atoms with E-state index in [1.165, 1.54) is 5.56 Å². The van der Waals surface area contributed by atoms with Crippen molar-refractivity contribution in [3.63, 3.8) is 0 Å². The molecule has 2 aliphatic rings. The van der Waals surface area contributed by atoms with Crippen LogP contribution in [0.3, 0.4) is 0 Å². The molecule has 4 heteroatoms. The van der Waals surface area contributed by atoms with Crippen LogP contribution in [-0.2, 0) is 0 Å². The Labute approximate surface area is 94.6 Å². The maximum absolute atomic E-state index is 11.8. The predicted octanol–water partition coefficient (Wildman–Crippen LogP) is 0.725. The monoisotopic (exact) mass is 217 g/mol. The number of rotatable bonds is 2. The van der Waals surface area contributed by atoms with Crippen molar-refractivity contribution in [2.45, 2.75) is 12.1 Å². The van der Waals surface area contributed by atoms with Gasteiger partial charge in [0.2, 0.25) is 0 Å². The Balaban J connectivity index is 1.74. The minimum Gasteiger partial charge on any atom is -0.329 e. The van der Waals surface area contributed by atoms with Crippen molar-refractivity contribution in [3.8, 4) is 0 Å². The van der Waals surface area contributed by atoms with Crippen molar-refractivity contribution in [2.24, 2.45) is 0 Å². The van der Waals surface area contributed by atoms with Crippen LogP contribution >= 0.6 is 0 Å². The molecule has 0 aromatic heterocycles. The van der Waals surface area contributed by atoms with E-state index in [1.807, 2.05) is 23.1 Å². The fourth-order valence-corrected chi connectivity index (χ4v) is 2.24. The SMILES string of the molecule is O=C1NC(c2ccccc2)CN1C1CNC1. The topological polar surface area (TPSA) is 44.4 Å². The molecule has 3 rings (SSSR count). The number of benzene rings is 1. The highest BCUT2D eigenvalue weighted by Gasteiger charge is 2.36. The molecule has 1 aromatic carbocycles. The summed E-state index contributed by atoms with van der Waals surface area (Å²) in [5.74, 6) is 0. The maximum atomic E-state index is 11.8. The lowest BCUT2D eigenvalue weighted by Crippen LogP contribution is -2.57. The minimum atomic E-state index is 0.0698. The maximum Gasteiger partial charge on any atom is 0.318 e. The van der Waals surface area contributed by atoms with Crippen molar-refractivity contribution in [3.05, 3.63) is 35.9 Å². The van der Waals surface area contributed by atoms with E-state index in [0.29, 0.717) is 6.04 Å². The molecule has 0 aliphatic carbocycles. The quantitative estimate of drug-likeness (QED) is 0.767. The van der Waals surface area contributed by atoms with Crippen LogP contribution < -0.4 is 10.6 Å². The lowest BCUT2D eigenvalue weighted by Gasteiger charge is -2.34. The Morgan fingerprint density at radius 3 is 2.56 bits per heavy atom. The highest BCUT2D eigenvalue weighted by molar-refractivity contribution is 5.77. The number of carbonyl (C=O) groups is 1. The second-order valence-corrected chi connectivity index (χ2v) is 4.38. The van der Waals surface area contributed by atoms with Gasteiger partial charge < -0.3 is 15.5 Å². The summed E-state index contributed by atoms with van der Waals surface area (Å²) < 4.78 is 0. The molecular formula is C12H15N3O. The van der Waals surface area contributed by atoms with Crippen LogP contribution in [0, 0.1) is 0 Å². The molecule has 0 spiro atoms. The summed E-state index contributed by atoms with van der Waals surface area (Å²) in [7, 11) is 0. The second-order valence-electron chi connectivity index (χ2n) is 4.38. The molecule has 0 bridgehead atoms. The van der Waals surface area contributed by atoms with Gasteiger partial charge in [0.1, 0.15) is 0 Å². The Hall–Kier alpha value is -1.55. The number of nitrogens with one attached hydrogen (secondary N) is 2. The Bertz CT molecular complexity index is 389. The van der Waals surface area contributed by atoms with Gasteiger partial charge in [0.25, 0.3) is 0 Å². The van der Waals surface area contributed by atoms with Crippen LogP contribution in [0.25, 0.3) is 0 Å². The van der Waals surface area contributed by atoms with Crippen LogP contribution in [0.5, 0.6) is 0 Å². The van der Waals surface area contributed by atoms with Crippen LogP contribution in [-0.4, -0.2) is 36.6 Å². The highest BCUT2D eigenvalue weighted by Crippen LogP contribution is 2.22. The highest BCUT2D eigenvalue weighted by atomic mass is 16.2. The third-order valence-electron chi connectivity index (χ3n) is 3.34. The van der Waals surface area contributed by atoms with Gasteiger partial charge in [0, 0.05) is 19.6 Å². The van der Waals surface area contributed by atoms with Gasteiger partial charge in [-0.3, -0.25) is 0 Å². The predicted molar refractivity (Wildman–Crippen MR) is 61.1 cm³/mol. The molecule has 2 heterocycles. The number of hydrogen-bond donors (Lipinski definition) is 2. The van der Waals surface area contributed by atoms with Crippen LogP contribution in [0.4, 0.5) is 4.79 Å². The second kappa shape index (κ2) is 3.79. The summed E-state index contributed by atoms with van der Waals surface area (Å²) in [6.07, 6.45) is 0. The van der Waals surface area contributed by atoms with E-state index < -0.39 is 0 Å². The van der Waals surface area contributed by atoms with Gasteiger partial charge >= 0.3 is 6.03 Å². The van der Waals surface area contributed by atoms with Crippen LogP contribution in [0.2, 0.25) is 0 Å². The van der Waals surface area contributed by atoms with E-state index in [2.05, 4.69) is 22.8 Å². The fourth-order valence-electron chi connectivity index (χ4n) is 2.24. The van der Waals surface area contributed by atoms with Gasteiger partial charge in [-0.15, -0.1) is 0 Å². The molecular weight excluding hydrogens is 202 g/mol.